The van der Waals surface area contributed by atoms with Crippen LogP contribution < -0.4 is 5.73 Å². The zero-order valence-corrected chi connectivity index (χ0v) is 12.9. The van der Waals surface area contributed by atoms with Gasteiger partial charge >= 0.3 is 0 Å². The summed E-state index contributed by atoms with van der Waals surface area (Å²) in [6.07, 6.45) is 5.06. The number of nitrogens with two attached hydrogens (primary N) is 1. The molecule has 1 fully saturated rings. The summed E-state index contributed by atoms with van der Waals surface area (Å²) in [6.45, 7) is 11.3. The molecule has 1 saturated heterocycles. The molecule has 1 rings (SSSR count). The average Bonchev–Trinajstić information content (AvgIpc) is 2.72. The third-order valence-corrected chi connectivity index (χ3v) is 5.61. The van der Waals surface area contributed by atoms with Crippen LogP contribution in [-0.2, 0) is 0 Å². The third-order valence-electron chi connectivity index (χ3n) is 4.17. The van der Waals surface area contributed by atoms with Crippen LogP contribution in [0.2, 0.25) is 0 Å². The van der Waals surface area contributed by atoms with Crippen molar-refractivity contribution in [3.8, 4) is 0 Å². The monoisotopic (exact) mass is 258 g/mol. The molecule has 0 amide bonds. The first-order chi connectivity index (χ1) is 8.09. The van der Waals surface area contributed by atoms with Gasteiger partial charge in [-0.15, -0.1) is 0 Å². The molecule has 2 N–H and O–H groups in total. The third kappa shape index (κ3) is 3.62. The molecule has 1 heterocycles. The molecule has 0 aliphatic carbocycles. The molecule has 0 spiro atoms. The molecular weight excluding hydrogens is 228 g/mol. The van der Waals surface area contributed by atoms with E-state index in [-0.39, 0.29) is 5.54 Å². The zero-order valence-electron chi connectivity index (χ0n) is 12.0. The van der Waals surface area contributed by atoms with Crippen LogP contribution in [0.15, 0.2) is 0 Å². The lowest BCUT2D eigenvalue weighted by atomic mass is 9.91. The van der Waals surface area contributed by atoms with Crippen molar-refractivity contribution in [3.63, 3.8) is 0 Å². The number of rotatable bonds is 7. The van der Waals surface area contributed by atoms with Crippen LogP contribution in [0.3, 0.4) is 0 Å². The van der Waals surface area contributed by atoms with Gasteiger partial charge < -0.3 is 5.73 Å². The Labute approximate surface area is 112 Å². The molecule has 0 bridgehead atoms. The quantitative estimate of drug-likeness (QED) is 0.761. The van der Waals surface area contributed by atoms with E-state index in [2.05, 4.69) is 44.4 Å². The molecule has 102 valence electrons. The zero-order chi connectivity index (χ0) is 12.9. The van der Waals surface area contributed by atoms with Gasteiger partial charge in [-0.3, -0.25) is 4.90 Å². The van der Waals surface area contributed by atoms with Crippen LogP contribution in [0, 0.1) is 0 Å². The number of nitrogens with zero attached hydrogens (tertiary/aromatic N) is 1. The van der Waals surface area contributed by atoms with Crippen LogP contribution in [0.5, 0.6) is 0 Å². The Kier molecular flexibility index (Phi) is 6.32. The predicted molar refractivity (Wildman–Crippen MR) is 79.7 cm³/mol. The first kappa shape index (κ1) is 15.3. The van der Waals surface area contributed by atoms with E-state index < -0.39 is 0 Å². The lowest BCUT2D eigenvalue weighted by Gasteiger charge is -2.44. The molecule has 0 radical (unpaired) electrons. The molecule has 0 aromatic heterocycles. The van der Waals surface area contributed by atoms with Gasteiger partial charge in [-0.1, -0.05) is 27.2 Å². The van der Waals surface area contributed by atoms with Gasteiger partial charge in [0.1, 0.15) is 0 Å². The highest BCUT2D eigenvalue weighted by Crippen LogP contribution is 2.39. The van der Waals surface area contributed by atoms with Gasteiger partial charge in [0.2, 0.25) is 0 Å². The Bertz CT molecular complexity index is 222. The van der Waals surface area contributed by atoms with Gasteiger partial charge in [-0.2, -0.15) is 11.8 Å². The summed E-state index contributed by atoms with van der Waals surface area (Å²) in [6, 6.07) is 0.663. The Balaban J connectivity index is 2.78. The second-order valence-corrected chi connectivity index (χ2v) is 6.99. The lowest BCUT2D eigenvalue weighted by Crippen LogP contribution is -2.57. The molecule has 1 aliphatic heterocycles. The summed E-state index contributed by atoms with van der Waals surface area (Å²) in [5, 5.41) is 0.770. The van der Waals surface area contributed by atoms with E-state index in [0.29, 0.717) is 6.04 Å². The Morgan fingerprint density at radius 3 is 2.59 bits per heavy atom. The molecule has 0 aromatic carbocycles. The topological polar surface area (TPSA) is 29.3 Å². The summed E-state index contributed by atoms with van der Waals surface area (Å²) in [7, 11) is 0. The fourth-order valence-corrected chi connectivity index (χ4v) is 4.31. The lowest BCUT2D eigenvalue weighted by molar-refractivity contribution is 0.0668. The van der Waals surface area contributed by atoms with Gasteiger partial charge in [-0.05, 0) is 32.7 Å². The molecule has 0 saturated carbocycles. The number of hydrogen-bond acceptors (Lipinski definition) is 3. The number of thioether (sulfide) groups is 1. The van der Waals surface area contributed by atoms with Crippen molar-refractivity contribution in [1.29, 1.82) is 0 Å². The minimum absolute atomic E-state index is 0.272. The van der Waals surface area contributed by atoms with Gasteiger partial charge in [0.15, 0.2) is 0 Å². The fraction of sp³-hybridized carbons (Fsp3) is 1.00. The van der Waals surface area contributed by atoms with Crippen molar-refractivity contribution < 1.29 is 0 Å². The highest BCUT2D eigenvalue weighted by Gasteiger charge is 2.42. The largest absolute Gasteiger partial charge is 0.329 e. The molecular formula is C14H30N2S. The van der Waals surface area contributed by atoms with E-state index in [1.54, 1.807) is 0 Å². The Morgan fingerprint density at radius 2 is 2.18 bits per heavy atom. The summed E-state index contributed by atoms with van der Waals surface area (Å²) in [5.41, 5.74) is 6.41. The molecule has 2 nitrogen and oxygen atoms in total. The fourth-order valence-electron chi connectivity index (χ4n) is 2.88. The van der Waals surface area contributed by atoms with E-state index in [1.807, 2.05) is 0 Å². The molecule has 3 unspecified atom stereocenters. The molecule has 17 heavy (non-hydrogen) atoms. The summed E-state index contributed by atoms with van der Waals surface area (Å²) >= 11 is 2.10. The molecule has 3 heteroatoms. The van der Waals surface area contributed by atoms with Crippen molar-refractivity contribution >= 4 is 11.8 Å². The maximum absolute atomic E-state index is 6.14. The van der Waals surface area contributed by atoms with Crippen LogP contribution in [0.1, 0.15) is 53.4 Å². The van der Waals surface area contributed by atoms with E-state index in [0.717, 1.165) is 11.8 Å². The highest BCUT2D eigenvalue weighted by atomic mass is 32.2. The van der Waals surface area contributed by atoms with E-state index in [1.165, 1.54) is 38.0 Å². The standard InChI is InChI=1S/C14H30N2S/c1-5-7-8-16(12(3)6-2)14(10-15)9-13(4)17-11-14/h12-13H,5-11,15H2,1-4H3. The SMILES string of the molecule is CCCCN(C(C)CC)C1(CN)CSC(C)C1. The first-order valence-electron chi connectivity index (χ1n) is 7.18. The number of hydrogen-bond donors (Lipinski definition) is 1. The van der Waals surface area contributed by atoms with Crippen molar-refractivity contribution in [1.82, 2.24) is 4.90 Å². The Hall–Kier alpha value is 0.270. The van der Waals surface area contributed by atoms with Crippen LogP contribution in [0.4, 0.5) is 0 Å². The summed E-state index contributed by atoms with van der Waals surface area (Å²) in [4.78, 5) is 2.72. The van der Waals surface area contributed by atoms with Crippen molar-refractivity contribution in [3.05, 3.63) is 0 Å². The smallest absolute Gasteiger partial charge is 0.0435 e. The van der Waals surface area contributed by atoms with Crippen LogP contribution in [-0.4, -0.2) is 40.6 Å². The molecule has 0 aromatic rings. The van der Waals surface area contributed by atoms with Crippen molar-refractivity contribution in [2.75, 3.05) is 18.8 Å². The number of unbranched alkanes of at least 4 members (excludes halogenated alkanes) is 1. The van der Waals surface area contributed by atoms with Gasteiger partial charge in [-0.25, -0.2) is 0 Å². The summed E-state index contributed by atoms with van der Waals surface area (Å²) in [5.74, 6) is 1.22. The van der Waals surface area contributed by atoms with Gasteiger partial charge in [0.05, 0.1) is 0 Å². The van der Waals surface area contributed by atoms with Gasteiger partial charge in [0, 0.05) is 29.1 Å². The second-order valence-electron chi connectivity index (χ2n) is 5.56. The average molecular weight is 258 g/mol. The van der Waals surface area contributed by atoms with Crippen molar-refractivity contribution in [2.45, 2.75) is 70.2 Å². The van der Waals surface area contributed by atoms with E-state index >= 15 is 0 Å². The van der Waals surface area contributed by atoms with Gasteiger partial charge in [0.25, 0.3) is 0 Å². The maximum atomic E-state index is 6.14. The Morgan fingerprint density at radius 1 is 1.47 bits per heavy atom. The van der Waals surface area contributed by atoms with Crippen molar-refractivity contribution in [2.24, 2.45) is 5.73 Å². The molecule has 1 aliphatic rings. The second kappa shape index (κ2) is 7.01. The maximum Gasteiger partial charge on any atom is 0.0435 e. The minimum Gasteiger partial charge on any atom is -0.329 e. The summed E-state index contributed by atoms with van der Waals surface area (Å²) < 4.78 is 0. The predicted octanol–water partition coefficient (Wildman–Crippen LogP) is 3.11. The van der Waals surface area contributed by atoms with Crippen LogP contribution in [0.25, 0.3) is 0 Å². The highest BCUT2D eigenvalue weighted by molar-refractivity contribution is 8.00. The normalized spacial score (nSPS) is 31.1. The van der Waals surface area contributed by atoms with E-state index in [4.69, 9.17) is 5.73 Å². The van der Waals surface area contributed by atoms with E-state index in [9.17, 15) is 0 Å². The first-order valence-corrected chi connectivity index (χ1v) is 8.23. The minimum atomic E-state index is 0.272. The van der Waals surface area contributed by atoms with Crippen LogP contribution >= 0.6 is 11.8 Å². The molecule has 3 atom stereocenters.